The first-order valence-corrected chi connectivity index (χ1v) is 9.52. The highest BCUT2D eigenvalue weighted by Gasteiger charge is 2.33. The van der Waals surface area contributed by atoms with Crippen LogP contribution in [0.1, 0.15) is 22.9 Å². The highest BCUT2D eigenvalue weighted by atomic mass is 16.5. The van der Waals surface area contributed by atoms with Gasteiger partial charge in [-0.15, -0.1) is 0 Å². The monoisotopic (exact) mass is 390 g/mol. The Balaban J connectivity index is 1.40. The quantitative estimate of drug-likeness (QED) is 0.724. The van der Waals surface area contributed by atoms with Gasteiger partial charge >= 0.3 is 11.7 Å². The van der Waals surface area contributed by atoms with E-state index in [0.29, 0.717) is 24.6 Å². The van der Waals surface area contributed by atoms with Crippen LogP contribution >= 0.6 is 0 Å². The average Bonchev–Trinajstić information content (AvgIpc) is 2.69. The lowest BCUT2D eigenvalue weighted by Crippen LogP contribution is -2.59. The smallest absolute Gasteiger partial charge is 0.339 e. The van der Waals surface area contributed by atoms with Gasteiger partial charge in [0.05, 0.1) is 25.2 Å². The van der Waals surface area contributed by atoms with E-state index in [1.54, 1.807) is 17.9 Å². The molecule has 1 N–H and O–H groups in total. The molecule has 4 rings (SSSR count). The molecule has 29 heavy (non-hydrogen) atoms. The number of benzene rings is 2. The summed E-state index contributed by atoms with van der Waals surface area (Å²) in [5.74, 6) is 0.963. The molecule has 0 bridgehead atoms. The molecule has 0 saturated carbocycles. The van der Waals surface area contributed by atoms with E-state index >= 15 is 0 Å². The summed E-state index contributed by atoms with van der Waals surface area (Å²) in [6, 6.07) is 22.4. The van der Waals surface area contributed by atoms with Crippen molar-refractivity contribution in [3.05, 3.63) is 100 Å². The number of amides is 2. The first kappa shape index (κ1) is 18.8. The Bertz CT molecular complexity index is 988. The summed E-state index contributed by atoms with van der Waals surface area (Å²) in [5, 5.41) is 3.12. The average molecular weight is 390 g/mol. The largest absolute Gasteiger partial charge is 0.486 e. The van der Waals surface area contributed by atoms with Crippen LogP contribution < -0.4 is 15.7 Å². The zero-order valence-electron chi connectivity index (χ0n) is 16.1. The maximum absolute atomic E-state index is 12.8. The van der Waals surface area contributed by atoms with Crippen LogP contribution in [-0.4, -0.2) is 30.1 Å². The second kappa shape index (κ2) is 8.22. The Morgan fingerprint density at radius 2 is 1.62 bits per heavy atom. The summed E-state index contributed by atoms with van der Waals surface area (Å²) in [7, 11) is 0. The van der Waals surface area contributed by atoms with Crippen LogP contribution in [0.2, 0.25) is 0 Å². The van der Waals surface area contributed by atoms with Crippen LogP contribution in [0.4, 0.5) is 4.79 Å². The molecule has 1 aliphatic heterocycles. The lowest BCUT2D eigenvalue weighted by molar-refractivity contribution is 0.0433. The van der Waals surface area contributed by atoms with Gasteiger partial charge in [-0.1, -0.05) is 60.7 Å². The van der Waals surface area contributed by atoms with Crippen molar-refractivity contribution in [3.63, 3.8) is 0 Å². The number of rotatable bonds is 5. The Morgan fingerprint density at radius 3 is 2.17 bits per heavy atom. The van der Waals surface area contributed by atoms with Crippen LogP contribution in [0.3, 0.4) is 0 Å². The van der Waals surface area contributed by atoms with E-state index in [4.69, 9.17) is 9.15 Å². The molecule has 0 unspecified atom stereocenters. The summed E-state index contributed by atoms with van der Waals surface area (Å²) in [5.41, 5.74) is 1.60. The Labute approximate surface area is 168 Å². The van der Waals surface area contributed by atoms with Crippen LogP contribution in [-0.2, 0) is 0 Å². The van der Waals surface area contributed by atoms with Gasteiger partial charge in [0.25, 0.3) is 0 Å². The van der Waals surface area contributed by atoms with E-state index in [1.807, 2.05) is 60.7 Å². The number of likely N-dealkylation sites (tertiary alicyclic amines) is 1. The molecule has 1 fully saturated rings. The van der Waals surface area contributed by atoms with Crippen LogP contribution in [0.5, 0.6) is 5.75 Å². The third kappa shape index (κ3) is 4.48. The Kier molecular flexibility index (Phi) is 5.33. The highest BCUT2D eigenvalue weighted by Crippen LogP contribution is 2.23. The maximum atomic E-state index is 12.8. The maximum Gasteiger partial charge on any atom is 0.339 e. The summed E-state index contributed by atoms with van der Waals surface area (Å²) in [4.78, 5) is 25.9. The minimum Gasteiger partial charge on any atom is -0.486 e. The molecule has 1 aliphatic rings. The molecular weight excluding hydrogens is 368 g/mol. The summed E-state index contributed by atoms with van der Waals surface area (Å²) in [6.07, 6.45) is -0.145. The molecule has 2 amide bonds. The van der Waals surface area contributed by atoms with Crippen molar-refractivity contribution in [1.29, 1.82) is 0 Å². The number of hydrogen-bond donors (Lipinski definition) is 1. The molecule has 0 atom stereocenters. The molecule has 0 radical (unpaired) electrons. The fourth-order valence-corrected chi connectivity index (χ4v) is 3.38. The second-order valence-electron chi connectivity index (χ2n) is 7.07. The zero-order chi connectivity index (χ0) is 20.2. The molecule has 0 aliphatic carbocycles. The Hall–Kier alpha value is -3.54. The topological polar surface area (TPSA) is 71.8 Å². The van der Waals surface area contributed by atoms with E-state index in [0.717, 1.165) is 11.1 Å². The molecule has 0 spiro atoms. The first-order valence-electron chi connectivity index (χ1n) is 9.52. The lowest BCUT2D eigenvalue weighted by atomic mass is 9.99. The summed E-state index contributed by atoms with van der Waals surface area (Å²) >= 11 is 0. The number of nitrogens with one attached hydrogen (secondary N) is 1. The zero-order valence-corrected chi connectivity index (χ0v) is 16.1. The molecule has 148 valence electrons. The standard InChI is InChI=1S/C23H22N2O4/c1-16-12-19(13-21(26)28-16)29-20-14-25(15-20)23(27)24-22(17-8-4-2-5-9-17)18-10-6-3-7-11-18/h2-13,20,22H,14-15H2,1H3,(H,24,27). The van der Waals surface area contributed by atoms with Gasteiger partial charge in [0.15, 0.2) is 0 Å². The van der Waals surface area contributed by atoms with Crippen LogP contribution in [0.25, 0.3) is 0 Å². The predicted octanol–water partition coefficient (Wildman–Crippen LogP) is 3.51. The summed E-state index contributed by atoms with van der Waals surface area (Å²) < 4.78 is 10.7. The molecule has 1 aromatic heterocycles. The van der Waals surface area contributed by atoms with Crippen molar-refractivity contribution in [2.45, 2.75) is 19.1 Å². The number of ether oxygens (including phenoxy) is 1. The number of carbonyl (C=O) groups is 1. The second-order valence-corrected chi connectivity index (χ2v) is 7.07. The SMILES string of the molecule is Cc1cc(OC2CN(C(=O)NC(c3ccccc3)c3ccccc3)C2)cc(=O)o1. The Morgan fingerprint density at radius 1 is 1.03 bits per heavy atom. The van der Waals surface area contributed by atoms with E-state index in [1.165, 1.54) is 6.07 Å². The molecule has 1 saturated heterocycles. The molecule has 6 heteroatoms. The van der Waals surface area contributed by atoms with Crippen molar-refractivity contribution in [2.75, 3.05) is 13.1 Å². The number of hydrogen-bond acceptors (Lipinski definition) is 4. The number of aryl methyl sites for hydroxylation is 1. The van der Waals surface area contributed by atoms with Crippen molar-refractivity contribution < 1.29 is 13.9 Å². The number of carbonyl (C=O) groups excluding carboxylic acids is 1. The van der Waals surface area contributed by atoms with E-state index in [9.17, 15) is 9.59 Å². The van der Waals surface area contributed by atoms with E-state index in [-0.39, 0.29) is 18.2 Å². The van der Waals surface area contributed by atoms with Gasteiger partial charge in [0.2, 0.25) is 0 Å². The minimum atomic E-state index is -0.442. The summed E-state index contributed by atoms with van der Waals surface area (Å²) in [6.45, 7) is 2.62. The van der Waals surface area contributed by atoms with E-state index < -0.39 is 5.63 Å². The van der Waals surface area contributed by atoms with Gasteiger partial charge in [-0.25, -0.2) is 9.59 Å². The van der Waals surface area contributed by atoms with Crippen LogP contribution in [0, 0.1) is 6.92 Å². The van der Waals surface area contributed by atoms with E-state index in [2.05, 4.69) is 5.32 Å². The van der Waals surface area contributed by atoms with Gasteiger partial charge in [-0.3, -0.25) is 0 Å². The van der Waals surface area contributed by atoms with Crippen molar-refractivity contribution in [1.82, 2.24) is 10.2 Å². The minimum absolute atomic E-state index is 0.145. The fraction of sp³-hybridized carbons (Fsp3) is 0.217. The predicted molar refractivity (Wildman–Crippen MR) is 109 cm³/mol. The van der Waals surface area contributed by atoms with Crippen molar-refractivity contribution >= 4 is 6.03 Å². The molecule has 2 heterocycles. The van der Waals surface area contributed by atoms with Gasteiger partial charge in [-0.05, 0) is 18.1 Å². The fourth-order valence-electron chi connectivity index (χ4n) is 3.38. The van der Waals surface area contributed by atoms with Gasteiger partial charge in [0.1, 0.15) is 17.6 Å². The molecule has 3 aromatic rings. The normalized spacial score (nSPS) is 13.8. The van der Waals surface area contributed by atoms with Gasteiger partial charge in [0, 0.05) is 6.07 Å². The van der Waals surface area contributed by atoms with Crippen LogP contribution in [0.15, 0.2) is 82.0 Å². The first-order chi connectivity index (χ1) is 14.1. The third-order valence-electron chi connectivity index (χ3n) is 4.84. The molecular formula is C23H22N2O4. The van der Waals surface area contributed by atoms with Crippen molar-refractivity contribution in [3.8, 4) is 5.75 Å². The number of urea groups is 1. The number of nitrogens with zero attached hydrogens (tertiary/aromatic N) is 1. The van der Waals surface area contributed by atoms with Gasteiger partial charge in [-0.2, -0.15) is 0 Å². The van der Waals surface area contributed by atoms with Gasteiger partial charge < -0.3 is 19.4 Å². The molecule has 6 nitrogen and oxygen atoms in total. The lowest BCUT2D eigenvalue weighted by Gasteiger charge is -2.39. The third-order valence-corrected chi connectivity index (χ3v) is 4.84. The van der Waals surface area contributed by atoms with Crippen molar-refractivity contribution in [2.24, 2.45) is 0 Å². The highest BCUT2D eigenvalue weighted by molar-refractivity contribution is 5.76. The molecule has 2 aromatic carbocycles.